The topological polar surface area (TPSA) is 71.7 Å². The van der Waals surface area contributed by atoms with Crippen LogP contribution in [0, 0.1) is 27.7 Å². The standard InChI is InChI=1S/C62H48N8O2/c1-41-29-55-61(31-43(41)3)65(37-63-55)47-13-9-17-51(33-47)71-53-19-11-15-49(35-53)69-39-67(57-21-5-7-23-59(57)69)45-25-27-46(28-26-45)68-40-70(60-24-8-6-22-58(60)68)50-16-12-20-54(36-50)72-52-18-10-14-48(34-52)66-38-64-56-30-42(2)44(4)32-62(56)66/h5-40H,1-4H3/q+2. The van der Waals surface area contributed by atoms with Crippen LogP contribution in [0.3, 0.4) is 0 Å². The van der Waals surface area contributed by atoms with Gasteiger partial charge in [0.2, 0.25) is 0 Å². The Morgan fingerprint density at radius 1 is 0.333 bits per heavy atom. The van der Waals surface area contributed by atoms with E-state index in [1.165, 1.54) is 22.3 Å². The number of aromatic nitrogens is 8. The molecule has 0 aliphatic heterocycles. The van der Waals surface area contributed by atoms with E-state index in [0.717, 1.165) is 101 Å². The Hall–Kier alpha value is -9.54. The zero-order chi connectivity index (χ0) is 48.5. The van der Waals surface area contributed by atoms with Gasteiger partial charge in [0, 0.05) is 24.3 Å². The Labute approximate surface area is 415 Å². The van der Waals surface area contributed by atoms with E-state index in [1.54, 1.807) is 0 Å². The van der Waals surface area contributed by atoms with Crippen LogP contribution in [0.5, 0.6) is 23.0 Å². The van der Waals surface area contributed by atoms with Crippen molar-refractivity contribution < 1.29 is 18.6 Å². The number of hydrogen-bond donors (Lipinski definition) is 0. The fourth-order valence-electron chi connectivity index (χ4n) is 9.82. The number of hydrogen-bond acceptors (Lipinski definition) is 4. The normalized spacial score (nSPS) is 11.6. The fraction of sp³-hybridized carbons (Fsp3) is 0.0645. The van der Waals surface area contributed by atoms with Gasteiger partial charge in [-0.15, -0.1) is 0 Å². The Morgan fingerprint density at radius 3 is 1.07 bits per heavy atom. The summed E-state index contributed by atoms with van der Waals surface area (Å²) in [6.07, 6.45) is 8.06. The predicted octanol–water partition coefficient (Wildman–Crippen LogP) is 13.6. The molecule has 13 aromatic rings. The first kappa shape index (κ1) is 42.6. The maximum absolute atomic E-state index is 6.55. The lowest BCUT2D eigenvalue weighted by atomic mass is 10.1. The minimum absolute atomic E-state index is 0.742. The minimum atomic E-state index is 0.742. The van der Waals surface area contributed by atoms with Crippen molar-refractivity contribution >= 4 is 44.1 Å². The number of nitrogens with zero attached hydrogens (tertiary/aromatic N) is 8. The zero-order valence-corrected chi connectivity index (χ0v) is 40.2. The summed E-state index contributed by atoms with van der Waals surface area (Å²) in [6, 6.07) is 67.1. The number of rotatable bonds is 10. The molecule has 13 rings (SSSR count). The van der Waals surface area contributed by atoms with Gasteiger partial charge in [0.25, 0.3) is 12.7 Å². The van der Waals surface area contributed by atoms with E-state index >= 15 is 0 Å². The van der Waals surface area contributed by atoms with Gasteiger partial charge in [-0.3, -0.25) is 9.13 Å². The van der Waals surface area contributed by atoms with Crippen LogP contribution in [-0.4, -0.2) is 28.2 Å². The molecule has 0 aliphatic carbocycles. The third-order valence-electron chi connectivity index (χ3n) is 13.8. The minimum Gasteiger partial charge on any atom is -0.457 e. The second kappa shape index (κ2) is 17.1. The highest BCUT2D eigenvalue weighted by atomic mass is 16.5. The van der Waals surface area contributed by atoms with E-state index in [1.807, 2.05) is 61.2 Å². The Kier molecular flexibility index (Phi) is 10.1. The van der Waals surface area contributed by atoms with Crippen LogP contribution in [0.25, 0.3) is 78.3 Å². The Bertz CT molecular complexity index is 3960. The van der Waals surface area contributed by atoms with Gasteiger partial charge in [-0.1, -0.05) is 48.5 Å². The quantitative estimate of drug-likeness (QED) is 0.128. The second-order valence-electron chi connectivity index (χ2n) is 18.5. The van der Waals surface area contributed by atoms with E-state index in [2.05, 4.69) is 223 Å². The van der Waals surface area contributed by atoms with E-state index in [-0.39, 0.29) is 0 Å². The smallest absolute Gasteiger partial charge is 0.255 e. The van der Waals surface area contributed by atoms with Gasteiger partial charge >= 0.3 is 0 Å². The Balaban J connectivity index is 0.773. The molecule has 0 amide bonds. The van der Waals surface area contributed by atoms with Crippen LogP contribution in [0.2, 0.25) is 0 Å². The molecular weight excluding hydrogens is 889 g/mol. The van der Waals surface area contributed by atoms with E-state index in [4.69, 9.17) is 9.47 Å². The van der Waals surface area contributed by atoms with Crippen molar-refractivity contribution in [2.24, 2.45) is 0 Å². The van der Waals surface area contributed by atoms with Crippen LogP contribution in [0.15, 0.2) is 219 Å². The van der Waals surface area contributed by atoms with Crippen LogP contribution in [-0.2, 0) is 0 Å². The second-order valence-corrected chi connectivity index (χ2v) is 18.5. The average molecular weight is 937 g/mol. The SMILES string of the molecule is Cc1cc2ncn(-c3cccc(Oc4cccc(-n5c[n+](-c6ccc(-[n+]7cn(-c8cccc(Oc9cccc(-n%10cnc%11cc(C)c(C)cc%11%10)c9)c8)c8ccccc87)cc6)c6ccccc65)c4)c3)c2cc1C. The largest absolute Gasteiger partial charge is 0.457 e. The summed E-state index contributed by atoms with van der Waals surface area (Å²) in [5, 5.41) is 0. The maximum Gasteiger partial charge on any atom is 0.255 e. The summed E-state index contributed by atoms with van der Waals surface area (Å²) in [5.41, 5.74) is 19.4. The molecule has 0 bridgehead atoms. The summed E-state index contributed by atoms with van der Waals surface area (Å²) in [6.45, 7) is 8.51. The van der Waals surface area contributed by atoms with Crippen molar-refractivity contribution in [3.8, 4) is 57.1 Å². The van der Waals surface area contributed by atoms with E-state index in [0.29, 0.717) is 0 Å². The van der Waals surface area contributed by atoms with Crippen LogP contribution < -0.4 is 18.6 Å². The number of fused-ring (bicyclic) bond motifs is 4. The van der Waals surface area contributed by atoms with Gasteiger partial charge in [-0.2, -0.15) is 18.3 Å². The highest BCUT2D eigenvalue weighted by Crippen LogP contribution is 2.32. The highest BCUT2D eigenvalue weighted by molar-refractivity contribution is 5.81. The van der Waals surface area contributed by atoms with E-state index in [9.17, 15) is 0 Å². The van der Waals surface area contributed by atoms with Gasteiger partial charge in [-0.05, 0) is 171 Å². The third-order valence-corrected chi connectivity index (χ3v) is 13.8. The molecule has 0 unspecified atom stereocenters. The maximum atomic E-state index is 6.55. The molecule has 0 aliphatic rings. The lowest BCUT2D eigenvalue weighted by Crippen LogP contribution is -2.31. The van der Waals surface area contributed by atoms with Crippen LogP contribution in [0.1, 0.15) is 22.3 Å². The molecule has 0 N–H and O–H groups in total. The molecule has 10 nitrogen and oxygen atoms in total. The highest BCUT2D eigenvalue weighted by Gasteiger charge is 2.23. The molecule has 0 atom stereocenters. The van der Waals surface area contributed by atoms with Crippen molar-refractivity contribution in [3.05, 3.63) is 242 Å². The summed E-state index contributed by atoms with van der Waals surface area (Å²) >= 11 is 0. The number of ether oxygens (including phenoxy) is 2. The average Bonchev–Trinajstić information content (AvgIpc) is 4.21. The molecule has 0 fully saturated rings. The fourth-order valence-corrected chi connectivity index (χ4v) is 9.82. The van der Waals surface area contributed by atoms with Crippen LogP contribution >= 0.6 is 0 Å². The molecule has 4 aromatic heterocycles. The van der Waals surface area contributed by atoms with Crippen molar-refractivity contribution in [2.75, 3.05) is 0 Å². The van der Waals surface area contributed by atoms with Crippen molar-refractivity contribution in [1.29, 1.82) is 0 Å². The molecule has 0 saturated carbocycles. The molecule has 9 aromatic carbocycles. The lowest BCUT2D eigenvalue weighted by Gasteiger charge is -2.10. The molecule has 4 heterocycles. The molecule has 0 spiro atoms. The summed E-state index contributed by atoms with van der Waals surface area (Å²) < 4.78 is 26.2. The number of imidazole rings is 4. The van der Waals surface area contributed by atoms with Crippen LogP contribution in [0.4, 0.5) is 0 Å². The Morgan fingerprint density at radius 2 is 0.681 bits per heavy atom. The summed E-state index contributed by atoms with van der Waals surface area (Å²) in [5.74, 6) is 2.97. The molecule has 10 heteroatoms. The number of aryl methyl sites for hydroxylation is 4. The number of benzene rings is 9. The number of para-hydroxylation sites is 4. The molecule has 0 radical (unpaired) electrons. The third kappa shape index (κ3) is 7.53. The first-order valence-electron chi connectivity index (χ1n) is 24.1. The molecule has 0 saturated heterocycles. The zero-order valence-electron chi connectivity index (χ0n) is 40.2. The first-order valence-corrected chi connectivity index (χ1v) is 24.1. The van der Waals surface area contributed by atoms with Gasteiger partial charge in [-0.25, -0.2) is 9.97 Å². The lowest BCUT2D eigenvalue weighted by molar-refractivity contribution is -0.571. The molecule has 72 heavy (non-hydrogen) atoms. The van der Waals surface area contributed by atoms with Gasteiger partial charge in [0.15, 0.2) is 22.1 Å². The molecular formula is C62H48N8O2+2. The van der Waals surface area contributed by atoms with Crippen molar-refractivity contribution in [3.63, 3.8) is 0 Å². The monoisotopic (exact) mass is 936 g/mol. The van der Waals surface area contributed by atoms with Crippen molar-refractivity contribution in [2.45, 2.75) is 27.7 Å². The van der Waals surface area contributed by atoms with Gasteiger partial charge < -0.3 is 9.47 Å². The molecule has 346 valence electrons. The van der Waals surface area contributed by atoms with E-state index < -0.39 is 0 Å². The predicted molar refractivity (Wildman–Crippen MR) is 284 cm³/mol. The van der Waals surface area contributed by atoms with Gasteiger partial charge in [0.05, 0.1) is 33.4 Å². The summed E-state index contributed by atoms with van der Waals surface area (Å²) in [4.78, 5) is 9.36. The van der Waals surface area contributed by atoms with Crippen molar-refractivity contribution in [1.82, 2.24) is 28.2 Å². The summed E-state index contributed by atoms with van der Waals surface area (Å²) in [7, 11) is 0. The van der Waals surface area contributed by atoms with Gasteiger partial charge in [0.1, 0.15) is 58.4 Å². The first-order chi connectivity index (χ1) is 35.3.